The number of imidazole rings is 1. The van der Waals surface area contributed by atoms with Crippen molar-refractivity contribution in [2.75, 3.05) is 6.61 Å². The third-order valence-corrected chi connectivity index (χ3v) is 3.97. The first-order valence-corrected chi connectivity index (χ1v) is 7.84. The van der Waals surface area contributed by atoms with Crippen LogP contribution >= 0.6 is 31.9 Å². The molecule has 0 saturated carbocycles. The number of esters is 1. The van der Waals surface area contributed by atoms with Gasteiger partial charge < -0.3 is 9.30 Å². The van der Waals surface area contributed by atoms with Crippen molar-refractivity contribution in [3.05, 3.63) is 50.9 Å². The van der Waals surface area contributed by atoms with Gasteiger partial charge in [-0.1, -0.05) is 30.3 Å². The van der Waals surface area contributed by atoms with Crippen molar-refractivity contribution in [2.24, 2.45) is 0 Å². The molecule has 0 saturated heterocycles. The second-order valence-electron chi connectivity index (χ2n) is 4.13. The molecule has 2 rings (SSSR count). The minimum absolute atomic E-state index is 0.340. The summed E-state index contributed by atoms with van der Waals surface area (Å²) in [5, 5.41) is 0. The highest BCUT2D eigenvalue weighted by molar-refractivity contribution is 9.11. The van der Waals surface area contributed by atoms with E-state index in [2.05, 4.69) is 49.0 Å². The molecule has 1 aromatic carbocycles. The van der Waals surface area contributed by atoms with Gasteiger partial charge in [0, 0.05) is 6.54 Å². The zero-order valence-electron chi connectivity index (χ0n) is 11.0. The summed E-state index contributed by atoms with van der Waals surface area (Å²) in [6, 6.07) is 10.1. The van der Waals surface area contributed by atoms with Gasteiger partial charge in [0.05, 0.1) is 6.61 Å². The Bertz CT molecular complexity index is 597. The van der Waals surface area contributed by atoms with Crippen molar-refractivity contribution in [2.45, 2.75) is 19.9 Å². The van der Waals surface area contributed by atoms with Crippen LogP contribution in [0.2, 0.25) is 0 Å². The van der Waals surface area contributed by atoms with Crippen LogP contribution in [0.3, 0.4) is 0 Å². The molecule has 0 N–H and O–H groups in total. The van der Waals surface area contributed by atoms with Crippen molar-refractivity contribution in [1.29, 1.82) is 0 Å². The number of hydrogen-bond acceptors (Lipinski definition) is 3. The molecule has 20 heavy (non-hydrogen) atoms. The Morgan fingerprint density at radius 2 is 2.00 bits per heavy atom. The van der Waals surface area contributed by atoms with E-state index in [1.165, 1.54) is 5.56 Å². The molecule has 0 radical (unpaired) electrons. The van der Waals surface area contributed by atoms with E-state index in [0.29, 0.717) is 28.2 Å². The summed E-state index contributed by atoms with van der Waals surface area (Å²) in [4.78, 5) is 16.2. The van der Waals surface area contributed by atoms with E-state index in [-0.39, 0.29) is 5.97 Å². The minimum Gasteiger partial charge on any atom is -0.461 e. The number of halogens is 2. The molecule has 106 valence electrons. The van der Waals surface area contributed by atoms with Crippen molar-refractivity contribution in [3.8, 4) is 0 Å². The number of carbonyl (C=O) groups is 1. The molecule has 1 heterocycles. The summed E-state index contributed by atoms with van der Waals surface area (Å²) in [6.45, 7) is 2.77. The molecule has 0 aliphatic rings. The fraction of sp³-hybridized carbons (Fsp3) is 0.286. The van der Waals surface area contributed by atoms with Crippen LogP contribution in [-0.4, -0.2) is 22.1 Å². The average Bonchev–Trinajstić information content (AvgIpc) is 2.72. The zero-order chi connectivity index (χ0) is 14.5. The number of benzene rings is 1. The lowest BCUT2D eigenvalue weighted by molar-refractivity contribution is 0.0512. The molecule has 0 amide bonds. The Kier molecular flexibility index (Phi) is 5.37. The lowest BCUT2D eigenvalue weighted by Crippen LogP contribution is -2.14. The monoisotopic (exact) mass is 400 g/mol. The molecule has 0 bridgehead atoms. The minimum atomic E-state index is -0.370. The van der Waals surface area contributed by atoms with Gasteiger partial charge in [-0.3, -0.25) is 0 Å². The van der Waals surface area contributed by atoms with Gasteiger partial charge in [0.1, 0.15) is 4.60 Å². The van der Waals surface area contributed by atoms with Gasteiger partial charge in [0.15, 0.2) is 10.4 Å². The van der Waals surface area contributed by atoms with Crippen molar-refractivity contribution in [1.82, 2.24) is 9.55 Å². The highest BCUT2D eigenvalue weighted by atomic mass is 79.9. The quantitative estimate of drug-likeness (QED) is 0.715. The van der Waals surface area contributed by atoms with E-state index in [9.17, 15) is 4.79 Å². The number of hydrogen-bond donors (Lipinski definition) is 0. The lowest BCUT2D eigenvalue weighted by atomic mass is 10.1. The maximum Gasteiger partial charge on any atom is 0.357 e. The van der Waals surface area contributed by atoms with Crippen molar-refractivity contribution in [3.63, 3.8) is 0 Å². The molecule has 0 fully saturated rings. The van der Waals surface area contributed by atoms with E-state index in [4.69, 9.17) is 4.74 Å². The number of aryl methyl sites for hydroxylation is 1. The van der Waals surface area contributed by atoms with Crippen LogP contribution in [0.1, 0.15) is 23.0 Å². The number of nitrogens with zero attached hydrogens (tertiary/aromatic N) is 2. The summed E-state index contributed by atoms with van der Waals surface area (Å²) < 4.78 is 7.99. The normalized spacial score (nSPS) is 10.6. The van der Waals surface area contributed by atoms with E-state index in [1.54, 1.807) is 6.92 Å². The molecule has 1 aromatic heterocycles. The van der Waals surface area contributed by atoms with Gasteiger partial charge in [0.25, 0.3) is 0 Å². The van der Waals surface area contributed by atoms with Gasteiger partial charge in [-0.05, 0) is 50.8 Å². The topological polar surface area (TPSA) is 44.1 Å². The number of ether oxygens (including phenoxy) is 1. The molecular weight excluding hydrogens is 388 g/mol. The first-order valence-electron chi connectivity index (χ1n) is 6.26. The third-order valence-electron chi connectivity index (χ3n) is 2.81. The first-order chi connectivity index (χ1) is 9.63. The Labute approximate surface area is 134 Å². The molecule has 6 heteroatoms. The molecule has 0 unspecified atom stereocenters. The van der Waals surface area contributed by atoms with E-state index in [0.717, 1.165) is 6.42 Å². The molecular formula is C14H14Br2N2O2. The second-order valence-corrected chi connectivity index (χ2v) is 5.59. The van der Waals surface area contributed by atoms with Crippen LogP contribution in [0.4, 0.5) is 0 Å². The first kappa shape index (κ1) is 15.3. The van der Waals surface area contributed by atoms with Crippen molar-refractivity contribution >= 4 is 37.8 Å². The Morgan fingerprint density at radius 3 is 2.65 bits per heavy atom. The van der Waals surface area contributed by atoms with E-state index in [1.807, 2.05) is 22.8 Å². The molecule has 0 aliphatic heterocycles. The lowest BCUT2D eigenvalue weighted by Gasteiger charge is -2.09. The van der Waals surface area contributed by atoms with Gasteiger partial charge in [-0.2, -0.15) is 0 Å². The van der Waals surface area contributed by atoms with Crippen LogP contribution in [0.5, 0.6) is 0 Å². The van der Waals surface area contributed by atoms with Crippen LogP contribution < -0.4 is 0 Å². The zero-order valence-corrected chi connectivity index (χ0v) is 14.1. The molecule has 0 spiro atoms. The Morgan fingerprint density at radius 1 is 1.30 bits per heavy atom. The number of aromatic nitrogens is 2. The number of rotatable bonds is 5. The van der Waals surface area contributed by atoms with Crippen LogP contribution in [0.15, 0.2) is 39.7 Å². The molecule has 4 nitrogen and oxygen atoms in total. The smallest absolute Gasteiger partial charge is 0.357 e. The standard InChI is InChI=1S/C14H14Br2N2O2/c1-2-20-13(19)11-12(15)17-14(16)18(11)9-8-10-6-4-3-5-7-10/h3-7H,2,8-9H2,1H3. The maximum absolute atomic E-state index is 12.0. The van der Waals surface area contributed by atoms with Crippen molar-refractivity contribution < 1.29 is 9.53 Å². The summed E-state index contributed by atoms with van der Waals surface area (Å²) in [7, 11) is 0. The van der Waals surface area contributed by atoms with Gasteiger partial charge in [-0.15, -0.1) is 0 Å². The van der Waals surface area contributed by atoms with Crippen LogP contribution in [-0.2, 0) is 17.7 Å². The SMILES string of the molecule is CCOC(=O)c1c(Br)nc(Br)n1CCc1ccccc1. The predicted octanol–water partition coefficient (Wildman–Crippen LogP) is 3.83. The van der Waals surface area contributed by atoms with Gasteiger partial charge >= 0.3 is 5.97 Å². The van der Waals surface area contributed by atoms with Gasteiger partial charge in [0.2, 0.25) is 0 Å². The molecule has 0 atom stereocenters. The maximum atomic E-state index is 12.0. The van der Waals surface area contributed by atoms with E-state index < -0.39 is 0 Å². The van der Waals surface area contributed by atoms with E-state index >= 15 is 0 Å². The molecule has 0 aliphatic carbocycles. The fourth-order valence-corrected chi connectivity index (χ4v) is 3.20. The molecule has 2 aromatic rings. The Hall–Kier alpha value is -1.14. The average molecular weight is 402 g/mol. The summed E-state index contributed by atoms with van der Waals surface area (Å²) in [5.41, 5.74) is 1.65. The second kappa shape index (κ2) is 7.04. The van der Waals surface area contributed by atoms with Crippen LogP contribution in [0, 0.1) is 0 Å². The highest BCUT2D eigenvalue weighted by Crippen LogP contribution is 2.23. The Balaban J connectivity index is 2.20. The fourth-order valence-electron chi connectivity index (χ4n) is 1.88. The summed E-state index contributed by atoms with van der Waals surface area (Å²) in [5.74, 6) is -0.370. The third kappa shape index (κ3) is 3.49. The van der Waals surface area contributed by atoms with Gasteiger partial charge in [-0.25, -0.2) is 9.78 Å². The highest BCUT2D eigenvalue weighted by Gasteiger charge is 2.21. The summed E-state index contributed by atoms with van der Waals surface area (Å²) >= 11 is 6.68. The largest absolute Gasteiger partial charge is 0.461 e. The summed E-state index contributed by atoms with van der Waals surface area (Å²) in [6.07, 6.45) is 0.814. The number of carbonyl (C=O) groups excluding carboxylic acids is 1. The van der Waals surface area contributed by atoms with Crippen LogP contribution in [0.25, 0.3) is 0 Å². The predicted molar refractivity (Wildman–Crippen MR) is 83.7 cm³/mol.